The second-order valence-electron chi connectivity index (χ2n) is 6.57. The highest BCUT2D eigenvalue weighted by Gasteiger charge is 2.39. The predicted molar refractivity (Wildman–Crippen MR) is 94.1 cm³/mol. The Hall–Kier alpha value is -2.04. The number of rotatable bonds is 8. The smallest absolute Gasteiger partial charge is 0.320 e. The molecule has 0 saturated heterocycles. The van der Waals surface area contributed by atoms with Crippen LogP contribution >= 0.6 is 0 Å². The standard InChI is InChI=1S/C19H26N2O3/c1-4-5-6-7-8-9-12(2)17-16(19(23)24)18(22)15-13(3)20-11-10-14(15)21-17/h10-12,16H,4-9H2,1-3H3,(H,23,24). The Balaban J connectivity index is 2.22. The molecule has 130 valence electrons. The first-order valence-electron chi connectivity index (χ1n) is 8.78. The molecule has 0 radical (unpaired) electrons. The number of pyridine rings is 1. The molecule has 2 rings (SSSR count). The lowest BCUT2D eigenvalue weighted by Crippen LogP contribution is -2.38. The van der Waals surface area contributed by atoms with Crippen molar-refractivity contribution in [2.24, 2.45) is 16.8 Å². The fourth-order valence-electron chi connectivity index (χ4n) is 3.27. The van der Waals surface area contributed by atoms with Crippen LogP contribution in [0.15, 0.2) is 17.3 Å². The van der Waals surface area contributed by atoms with Gasteiger partial charge in [-0.25, -0.2) is 0 Å². The minimum Gasteiger partial charge on any atom is -0.480 e. The molecule has 1 N–H and O–H groups in total. The summed E-state index contributed by atoms with van der Waals surface area (Å²) in [6.07, 6.45) is 8.26. The molecule has 1 aromatic rings. The Morgan fingerprint density at radius 1 is 1.29 bits per heavy atom. The highest BCUT2D eigenvalue weighted by atomic mass is 16.4. The van der Waals surface area contributed by atoms with E-state index < -0.39 is 11.9 Å². The maximum Gasteiger partial charge on any atom is 0.320 e. The lowest BCUT2D eigenvalue weighted by molar-refractivity contribution is -0.138. The number of Topliss-reactive ketones (excluding diaryl/α,β-unsaturated/α-hetero) is 1. The summed E-state index contributed by atoms with van der Waals surface area (Å²) in [5.41, 5.74) is 1.93. The molecule has 5 nitrogen and oxygen atoms in total. The summed E-state index contributed by atoms with van der Waals surface area (Å²) in [6, 6.07) is 1.69. The lowest BCUT2D eigenvalue weighted by Gasteiger charge is -2.25. The maximum absolute atomic E-state index is 12.7. The first-order chi connectivity index (χ1) is 11.5. The Kier molecular flexibility index (Phi) is 6.23. The van der Waals surface area contributed by atoms with Crippen molar-refractivity contribution in [1.29, 1.82) is 0 Å². The van der Waals surface area contributed by atoms with Crippen LogP contribution in [-0.2, 0) is 4.79 Å². The number of unbranched alkanes of at least 4 members (excludes halogenated alkanes) is 4. The summed E-state index contributed by atoms with van der Waals surface area (Å²) in [4.78, 5) is 33.1. The molecule has 2 unspecified atom stereocenters. The molecule has 0 spiro atoms. The largest absolute Gasteiger partial charge is 0.480 e. The molecule has 0 amide bonds. The van der Waals surface area contributed by atoms with Crippen molar-refractivity contribution in [3.05, 3.63) is 23.5 Å². The third-order valence-electron chi connectivity index (χ3n) is 4.66. The van der Waals surface area contributed by atoms with E-state index in [1.165, 1.54) is 19.3 Å². The van der Waals surface area contributed by atoms with Crippen molar-refractivity contribution >= 4 is 23.2 Å². The summed E-state index contributed by atoms with van der Waals surface area (Å²) < 4.78 is 0. The molecule has 0 fully saturated rings. The predicted octanol–water partition coefficient (Wildman–Crippen LogP) is 4.36. The van der Waals surface area contributed by atoms with Gasteiger partial charge in [-0.1, -0.05) is 46.0 Å². The fraction of sp³-hybridized carbons (Fsp3) is 0.579. The molecule has 2 heterocycles. The van der Waals surface area contributed by atoms with E-state index in [4.69, 9.17) is 0 Å². The summed E-state index contributed by atoms with van der Waals surface area (Å²) in [5.74, 6) is -2.69. The van der Waals surface area contributed by atoms with Gasteiger partial charge < -0.3 is 5.11 Å². The number of aryl methyl sites for hydroxylation is 1. The Labute approximate surface area is 143 Å². The van der Waals surface area contributed by atoms with Crippen molar-refractivity contribution in [3.8, 4) is 0 Å². The topological polar surface area (TPSA) is 79.6 Å². The molecule has 0 aliphatic carbocycles. The molecular weight excluding hydrogens is 304 g/mol. The summed E-state index contributed by atoms with van der Waals surface area (Å²) in [5, 5.41) is 9.56. The second-order valence-corrected chi connectivity index (χ2v) is 6.57. The highest BCUT2D eigenvalue weighted by molar-refractivity contribution is 6.28. The number of fused-ring (bicyclic) bond motifs is 1. The molecule has 0 saturated carbocycles. The van der Waals surface area contributed by atoms with E-state index in [-0.39, 0.29) is 11.7 Å². The minimum atomic E-state index is -1.17. The molecule has 24 heavy (non-hydrogen) atoms. The van der Waals surface area contributed by atoms with E-state index in [0.29, 0.717) is 22.7 Å². The van der Waals surface area contributed by atoms with Gasteiger partial charge in [-0.05, 0) is 25.3 Å². The monoisotopic (exact) mass is 330 g/mol. The molecule has 0 aromatic carbocycles. The van der Waals surface area contributed by atoms with Crippen molar-refractivity contribution in [2.45, 2.75) is 59.3 Å². The quantitative estimate of drug-likeness (QED) is 0.567. The number of aromatic nitrogens is 1. The van der Waals surface area contributed by atoms with Gasteiger partial charge >= 0.3 is 5.97 Å². The minimum absolute atomic E-state index is 0.0155. The Bertz CT molecular complexity index is 652. The fourth-order valence-corrected chi connectivity index (χ4v) is 3.27. The molecule has 1 aliphatic heterocycles. The number of aliphatic imine (C=N–C) groups is 1. The van der Waals surface area contributed by atoms with Gasteiger partial charge in [0.15, 0.2) is 11.7 Å². The first kappa shape index (κ1) is 18.3. The second kappa shape index (κ2) is 8.18. The van der Waals surface area contributed by atoms with Gasteiger partial charge in [-0.2, -0.15) is 0 Å². The number of ketones is 1. The van der Waals surface area contributed by atoms with Gasteiger partial charge in [0.25, 0.3) is 0 Å². The number of carbonyl (C=O) groups excluding carboxylic acids is 1. The maximum atomic E-state index is 12.7. The van der Waals surface area contributed by atoms with E-state index >= 15 is 0 Å². The number of nitrogens with zero attached hydrogens (tertiary/aromatic N) is 2. The van der Waals surface area contributed by atoms with Crippen LogP contribution in [0.2, 0.25) is 0 Å². The van der Waals surface area contributed by atoms with Gasteiger partial charge in [0, 0.05) is 11.9 Å². The number of hydrogen-bond donors (Lipinski definition) is 1. The number of aliphatic carboxylic acids is 1. The van der Waals surface area contributed by atoms with E-state index in [9.17, 15) is 14.7 Å². The number of carboxylic acids is 1. The van der Waals surface area contributed by atoms with Crippen molar-refractivity contribution in [3.63, 3.8) is 0 Å². The Morgan fingerprint density at radius 2 is 2.00 bits per heavy atom. The average Bonchev–Trinajstić information content (AvgIpc) is 2.53. The number of carbonyl (C=O) groups is 2. The van der Waals surface area contributed by atoms with Crippen molar-refractivity contribution in [1.82, 2.24) is 4.98 Å². The van der Waals surface area contributed by atoms with Crippen LogP contribution in [-0.4, -0.2) is 27.6 Å². The normalized spacial score (nSPS) is 18.0. The number of carboxylic acid groups (broad SMARTS) is 1. The molecule has 0 bridgehead atoms. The van der Waals surface area contributed by atoms with Crippen LogP contribution in [0.25, 0.3) is 0 Å². The van der Waals surface area contributed by atoms with Crippen LogP contribution in [0.3, 0.4) is 0 Å². The van der Waals surface area contributed by atoms with E-state index in [0.717, 1.165) is 19.3 Å². The van der Waals surface area contributed by atoms with Crippen molar-refractivity contribution in [2.75, 3.05) is 0 Å². The summed E-state index contributed by atoms with van der Waals surface area (Å²) in [6.45, 7) is 5.87. The van der Waals surface area contributed by atoms with Gasteiger partial charge in [0.1, 0.15) is 0 Å². The SMILES string of the molecule is CCCCCCCC(C)C1=Nc2ccnc(C)c2C(=O)C1C(=O)O. The highest BCUT2D eigenvalue weighted by Crippen LogP contribution is 2.33. The van der Waals surface area contributed by atoms with Gasteiger partial charge in [-0.3, -0.25) is 19.6 Å². The first-order valence-corrected chi connectivity index (χ1v) is 8.78. The zero-order valence-electron chi connectivity index (χ0n) is 14.7. The Morgan fingerprint density at radius 3 is 2.67 bits per heavy atom. The van der Waals surface area contributed by atoms with Crippen LogP contribution in [0, 0.1) is 18.8 Å². The van der Waals surface area contributed by atoms with Crippen molar-refractivity contribution < 1.29 is 14.7 Å². The zero-order valence-corrected chi connectivity index (χ0v) is 14.7. The molecule has 5 heteroatoms. The van der Waals surface area contributed by atoms with Crippen LogP contribution in [0.4, 0.5) is 5.69 Å². The summed E-state index contributed by atoms with van der Waals surface area (Å²) in [7, 11) is 0. The third-order valence-corrected chi connectivity index (χ3v) is 4.66. The third kappa shape index (κ3) is 3.89. The van der Waals surface area contributed by atoms with Gasteiger partial charge in [0.2, 0.25) is 0 Å². The van der Waals surface area contributed by atoms with E-state index in [1.54, 1.807) is 19.2 Å². The molecule has 2 atom stereocenters. The van der Waals surface area contributed by atoms with Crippen LogP contribution in [0.5, 0.6) is 0 Å². The molecular formula is C19H26N2O3. The molecule has 1 aliphatic rings. The average molecular weight is 330 g/mol. The zero-order chi connectivity index (χ0) is 17.7. The van der Waals surface area contributed by atoms with Crippen LogP contribution < -0.4 is 0 Å². The van der Waals surface area contributed by atoms with E-state index in [1.807, 2.05) is 6.92 Å². The van der Waals surface area contributed by atoms with Gasteiger partial charge in [0.05, 0.1) is 16.9 Å². The molecule has 1 aromatic heterocycles. The van der Waals surface area contributed by atoms with Gasteiger partial charge in [-0.15, -0.1) is 0 Å². The van der Waals surface area contributed by atoms with E-state index in [2.05, 4.69) is 16.9 Å². The van der Waals surface area contributed by atoms with Crippen LogP contribution in [0.1, 0.15) is 68.4 Å². The summed E-state index contributed by atoms with van der Waals surface area (Å²) >= 11 is 0. The lowest BCUT2D eigenvalue weighted by atomic mass is 9.81. The number of hydrogen-bond acceptors (Lipinski definition) is 4.